The second-order valence-corrected chi connectivity index (χ2v) is 11.3. The number of ether oxygens (including phenoxy) is 4. The molecule has 0 aliphatic heterocycles. The number of methoxy groups -OCH3 is 1. The van der Waals surface area contributed by atoms with E-state index < -0.39 is 36.5 Å². The van der Waals surface area contributed by atoms with Crippen LogP contribution < -0.4 is 5.73 Å². The molecule has 2 atom stereocenters. The Morgan fingerprint density at radius 3 is 2.07 bits per heavy atom. The molecule has 2 heterocycles. The number of nitrogens with zero attached hydrogens (tertiary/aromatic N) is 4. The third-order valence-corrected chi connectivity index (χ3v) is 7.88. The SMILES string of the molecule is C#CC(COC(=O)OCC)(OC)[C@H](Cn1cnc2c(N)nc(F)nc21)OC(=O)CCCCCCCCCCCCCCCCC. The van der Waals surface area contributed by atoms with Crippen molar-refractivity contribution < 1.29 is 32.9 Å². The molecule has 0 spiro atoms. The number of carbonyl (C=O) groups excluding carboxylic acids is 2. The molecule has 0 aliphatic carbocycles. The molecular formula is C33H52FN5O6. The van der Waals surface area contributed by atoms with Gasteiger partial charge in [0.15, 0.2) is 17.6 Å². The maximum atomic E-state index is 14.0. The number of esters is 1. The molecule has 0 radical (unpaired) electrons. The first-order valence-electron chi connectivity index (χ1n) is 16.5. The zero-order chi connectivity index (χ0) is 32.9. The molecule has 1 unspecified atom stereocenters. The zero-order valence-electron chi connectivity index (χ0n) is 27.4. The Hall–Kier alpha value is -3.46. The van der Waals surface area contributed by atoms with E-state index in [-0.39, 0.29) is 36.6 Å². The molecule has 2 rings (SSSR count). The first-order chi connectivity index (χ1) is 21.8. The van der Waals surface area contributed by atoms with E-state index in [1.54, 1.807) is 6.92 Å². The van der Waals surface area contributed by atoms with Crippen LogP contribution in [0.25, 0.3) is 11.2 Å². The van der Waals surface area contributed by atoms with Gasteiger partial charge in [-0.25, -0.2) is 9.78 Å². The van der Waals surface area contributed by atoms with E-state index in [0.717, 1.165) is 19.3 Å². The van der Waals surface area contributed by atoms with Crippen molar-refractivity contribution in [1.82, 2.24) is 19.5 Å². The van der Waals surface area contributed by atoms with Crippen LogP contribution in [0.3, 0.4) is 0 Å². The molecule has 45 heavy (non-hydrogen) atoms. The number of imidazole rings is 1. The van der Waals surface area contributed by atoms with E-state index in [1.807, 2.05) is 0 Å². The van der Waals surface area contributed by atoms with E-state index in [9.17, 15) is 14.0 Å². The van der Waals surface area contributed by atoms with Crippen molar-refractivity contribution in [3.63, 3.8) is 0 Å². The number of hydrogen-bond acceptors (Lipinski definition) is 10. The summed E-state index contributed by atoms with van der Waals surface area (Å²) in [6.45, 7) is 3.37. The van der Waals surface area contributed by atoms with Gasteiger partial charge in [-0.15, -0.1) is 6.42 Å². The molecule has 11 nitrogen and oxygen atoms in total. The van der Waals surface area contributed by atoms with Crippen LogP contribution in [-0.2, 0) is 30.3 Å². The van der Waals surface area contributed by atoms with Gasteiger partial charge in [0, 0.05) is 13.5 Å². The van der Waals surface area contributed by atoms with Gasteiger partial charge in [0.2, 0.25) is 5.60 Å². The maximum Gasteiger partial charge on any atom is 0.508 e. The maximum absolute atomic E-state index is 14.0. The molecule has 12 heteroatoms. The number of aromatic nitrogens is 4. The summed E-state index contributed by atoms with van der Waals surface area (Å²) in [5.74, 6) is 1.84. The van der Waals surface area contributed by atoms with E-state index in [1.165, 1.54) is 88.6 Å². The molecule has 0 bridgehead atoms. The fraction of sp³-hybridized carbons (Fsp3) is 0.727. The summed E-state index contributed by atoms with van der Waals surface area (Å²) in [5.41, 5.74) is 4.36. The van der Waals surface area contributed by atoms with Gasteiger partial charge in [-0.1, -0.05) is 103 Å². The largest absolute Gasteiger partial charge is 0.508 e. The molecule has 0 saturated carbocycles. The molecule has 0 aliphatic rings. The number of hydrogen-bond donors (Lipinski definition) is 1. The van der Waals surface area contributed by atoms with Gasteiger partial charge in [0.1, 0.15) is 12.1 Å². The van der Waals surface area contributed by atoms with Crippen LogP contribution in [0.15, 0.2) is 6.33 Å². The number of fused-ring (bicyclic) bond motifs is 1. The first-order valence-corrected chi connectivity index (χ1v) is 16.5. The number of anilines is 1. The monoisotopic (exact) mass is 633 g/mol. The van der Waals surface area contributed by atoms with E-state index in [2.05, 4.69) is 27.8 Å². The third-order valence-electron chi connectivity index (χ3n) is 7.88. The van der Waals surface area contributed by atoms with Crippen molar-refractivity contribution >= 4 is 29.1 Å². The van der Waals surface area contributed by atoms with Crippen molar-refractivity contribution in [2.24, 2.45) is 0 Å². The number of nitrogen functional groups attached to an aromatic ring is 1. The highest BCUT2D eigenvalue weighted by Gasteiger charge is 2.43. The molecule has 0 saturated heterocycles. The quantitative estimate of drug-likeness (QED) is 0.0561. The zero-order valence-corrected chi connectivity index (χ0v) is 27.4. The fourth-order valence-corrected chi connectivity index (χ4v) is 5.19. The highest BCUT2D eigenvalue weighted by atomic mass is 19.1. The first kappa shape index (κ1) is 37.7. The van der Waals surface area contributed by atoms with Crippen molar-refractivity contribution in [3.05, 3.63) is 12.4 Å². The lowest BCUT2D eigenvalue weighted by atomic mass is 9.97. The molecule has 0 amide bonds. The van der Waals surface area contributed by atoms with Crippen molar-refractivity contribution in [3.8, 4) is 12.3 Å². The number of halogens is 1. The normalized spacial score (nSPS) is 13.2. The highest BCUT2D eigenvalue weighted by molar-refractivity contribution is 5.81. The predicted molar refractivity (Wildman–Crippen MR) is 171 cm³/mol. The van der Waals surface area contributed by atoms with Crippen molar-refractivity contribution in [2.75, 3.05) is 26.1 Å². The molecule has 2 N–H and O–H groups in total. The average Bonchev–Trinajstić information content (AvgIpc) is 3.42. The summed E-state index contributed by atoms with van der Waals surface area (Å²) in [6, 6.07) is 0. The molecule has 2 aromatic rings. The third kappa shape index (κ3) is 13.2. The Morgan fingerprint density at radius 1 is 0.956 bits per heavy atom. The summed E-state index contributed by atoms with van der Waals surface area (Å²) < 4.78 is 36.9. The second-order valence-electron chi connectivity index (χ2n) is 11.3. The summed E-state index contributed by atoms with van der Waals surface area (Å²) in [5, 5.41) is 0. The van der Waals surface area contributed by atoms with Crippen LogP contribution >= 0.6 is 0 Å². The lowest BCUT2D eigenvalue weighted by molar-refractivity contribution is -0.168. The van der Waals surface area contributed by atoms with Crippen LogP contribution in [0.2, 0.25) is 0 Å². The van der Waals surface area contributed by atoms with Gasteiger partial charge >= 0.3 is 18.2 Å². The number of unbranched alkanes of at least 4 members (excludes halogenated alkanes) is 14. The van der Waals surface area contributed by atoms with Gasteiger partial charge in [0.25, 0.3) is 0 Å². The van der Waals surface area contributed by atoms with Crippen LogP contribution in [0, 0.1) is 18.4 Å². The van der Waals surface area contributed by atoms with E-state index in [0.29, 0.717) is 6.42 Å². The number of rotatable bonds is 24. The van der Waals surface area contributed by atoms with Crippen LogP contribution in [0.1, 0.15) is 117 Å². The summed E-state index contributed by atoms with van der Waals surface area (Å²) >= 11 is 0. The number of nitrogens with two attached hydrogens (primary N) is 1. The van der Waals surface area contributed by atoms with Crippen molar-refractivity contribution in [2.45, 2.75) is 135 Å². The smallest absolute Gasteiger partial charge is 0.456 e. The lowest BCUT2D eigenvalue weighted by Crippen LogP contribution is -2.51. The van der Waals surface area contributed by atoms with Crippen LogP contribution in [-0.4, -0.2) is 63.7 Å². The minimum absolute atomic E-state index is 0.0804. The summed E-state index contributed by atoms with van der Waals surface area (Å²) in [7, 11) is 1.32. The molecule has 0 fully saturated rings. The number of terminal acetylenes is 1. The lowest BCUT2D eigenvalue weighted by Gasteiger charge is -2.34. The topological polar surface area (TPSA) is 141 Å². The Bertz CT molecular complexity index is 1200. The average molecular weight is 634 g/mol. The molecule has 252 valence electrons. The summed E-state index contributed by atoms with van der Waals surface area (Å²) in [6.07, 6.45) is 22.5. The van der Waals surface area contributed by atoms with Gasteiger partial charge < -0.3 is 29.2 Å². The Labute approximate surface area is 267 Å². The fourth-order valence-electron chi connectivity index (χ4n) is 5.19. The Kier molecular flexibility index (Phi) is 17.9. The van der Waals surface area contributed by atoms with E-state index >= 15 is 0 Å². The molecule has 2 aromatic heterocycles. The van der Waals surface area contributed by atoms with Gasteiger partial charge in [-0.3, -0.25) is 4.79 Å². The highest BCUT2D eigenvalue weighted by Crippen LogP contribution is 2.25. The summed E-state index contributed by atoms with van der Waals surface area (Å²) in [4.78, 5) is 36.4. The molecular weight excluding hydrogens is 581 g/mol. The second kappa shape index (κ2) is 21.3. The number of carbonyl (C=O) groups is 2. The van der Waals surface area contributed by atoms with Crippen LogP contribution in [0.5, 0.6) is 0 Å². The molecule has 0 aromatic carbocycles. The minimum Gasteiger partial charge on any atom is -0.456 e. The van der Waals surface area contributed by atoms with E-state index in [4.69, 9.17) is 31.1 Å². The predicted octanol–water partition coefficient (Wildman–Crippen LogP) is 6.91. The Morgan fingerprint density at radius 2 is 1.53 bits per heavy atom. The van der Waals surface area contributed by atoms with Crippen LogP contribution in [0.4, 0.5) is 15.0 Å². The van der Waals surface area contributed by atoms with Gasteiger partial charge in [0.05, 0.1) is 19.5 Å². The Balaban J connectivity index is 1.88. The van der Waals surface area contributed by atoms with Crippen molar-refractivity contribution in [1.29, 1.82) is 0 Å². The minimum atomic E-state index is -1.69. The van der Waals surface area contributed by atoms with Gasteiger partial charge in [-0.05, 0) is 13.3 Å². The van der Waals surface area contributed by atoms with Gasteiger partial charge in [-0.2, -0.15) is 14.4 Å². The standard InChI is InChI=1S/C33H52FN5O6/c1-5-8-9-10-11-12-13-14-15-16-17-18-19-20-21-22-27(40)45-26(33(6-2,42-4)24-44-32(41)43-7-3)23-39-25-36-28-29(35)37-31(34)38-30(28)39/h2,25-26H,5,7-24H2,1,3-4H3,(H2,35,37,38)/t26-,33?/m0/s1.